The summed E-state index contributed by atoms with van der Waals surface area (Å²) >= 11 is 0. The number of aliphatic hydroxyl groups is 1. The molecular weight excluding hydrogens is 270 g/mol. The van der Waals surface area contributed by atoms with Gasteiger partial charge in [-0.05, 0) is 0 Å². The molecule has 1 aliphatic rings. The number of hydrogen-bond acceptors (Lipinski definition) is 6. The first-order valence-corrected chi connectivity index (χ1v) is 5.77. The molecule has 0 saturated carbocycles. The second-order valence-corrected chi connectivity index (χ2v) is 4.02. The van der Waals surface area contributed by atoms with Gasteiger partial charge in [-0.1, -0.05) is 5.16 Å². The fourth-order valence-electron chi connectivity index (χ4n) is 1.57. The molecule has 0 aromatic carbocycles. The van der Waals surface area contributed by atoms with Gasteiger partial charge in [0.25, 0.3) is 5.91 Å². The predicted octanol–water partition coefficient (Wildman–Crippen LogP) is -2.23. The smallest absolute Gasteiger partial charge is 0.315 e. The highest BCUT2D eigenvalue weighted by molar-refractivity contribution is 5.98. The zero-order valence-corrected chi connectivity index (χ0v) is 10.3. The third-order valence-corrected chi connectivity index (χ3v) is 2.59. The minimum Gasteiger partial charge on any atom is -0.394 e. The van der Waals surface area contributed by atoms with Crippen molar-refractivity contribution in [1.29, 1.82) is 0 Å². The van der Waals surface area contributed by atoms with Crippen molar-refractivity contribution < 1.29 is 24.0 Å². The van der Waals surface area contributed by atoms with Crippen LogP contribution in [0.15, 0.2) is 16.9 Å². The number of carbonyl (C=O) groups is 3. The van der Waals surface area contributed by atoms with Gasteiger partial charge in [-0.2, -0.15) is 0 Å². The Morgan fingerprint density at radius 2 is 2.40 bits per heavy atom. The molecule has 1 aliphatic heterocycles. The van der Waals surface area contributed by atoms with Gasteiger partial charge in [-0.3, -0.25) is 9.59 Å². The maximum Gasteiger partial charge on any atom is 0.315 e. The van der Waals surface area contributed by atoms with Crippen LogP contribution >= 0.6 is 0 Å². The first kappa shape index (κ1) is 13.8. The Hall–Kier alpha value is -2.62. The van der Waals surface area contributed by atoms with Gasteiger partial charge in [-0.25, -0.2) is 4.79 Å². The highest BCUT2D eigenvalue weighted by atomic mass is 16.5. The lowest BCUT2D eigenvalue weighted by molar-refractivity contribution is -0.128. The normalized spacial score (nSPS) is 18.9. The number of aromatic nitrogens is 1. The number of rotatable bonds is 5. The van der Waals surface area contributed by atoms with Crippen molar-refractivity contribution in [3.05, 3.63) is 12.3 Å². The van der Waals surface area contributed by atoms with Gasteiger partial charge in [0.1, 0.15) is 18.3 Å². The highest BCUT2D eigenvalue weighted by Gasteiger charge is 2.30. The molecule has 20 heavy (non-hydrogen) atoms. The molecule has 108 valence electrons. The van der Waals surface area contributed by atoms with Crippen LogP contribution in [0.3, 0.4) is 0 Å². The fraction of sp³-hybridized carbons (Fsp3) is 0.400. The predicted molar refractivity (Wildman–Crippen MR) is 64.5 cm³/mol. The summed E-state index contributed by atoms with van der Waals surface area (Å²) in [6, 6.07) is -0.985. The van der Waals surface area contributed by atoms with Crippen molar-refractivity contribution in [1.82, 2.24) is 21.1 Å². The van der Waals surface area contributed by atoms with Crippen LogP contribution in [0, 0.1) is 0 Å². The highest BCUT2D eigenvalue weighted by Crippen LogP contribution is 2.02. The lowest BCUT2D eigenvalue weighted by Crippen LogP contribution is -2.52. The number of aliphatic hydroxyl groups excluding tert-OH is 1. The second-order valence-electron chi connectivity index (χ2n) is 4.02. The first-order valence-electron chi connectivity index (χ1n) is 5.77. The Kier molecular flexibility index (Phi) is 4.15. The van der Waals surface area contributed by atoms with Crippen LogP contribution in [0.4, 0.5) is 10.6 Å². The third kappa shape index (κ3) is 3.23. The molecule has 1 saturated heterocycles. The van der Waals surface area contributed by atoms with Gasteiger partial charge in [0.15, 0.2) is 5.82 Å². The molecule has 0 radical (unpaired) electrons. The average Bonchev–Trinajstić information content (AvgIpc) is 3.07. The molecule has 1 fully saturated rings. The second kappa shape index (κ2) is 6.02. The zero-order chi connectivity index (χ0) is 14.5. The Labute approximate surface area is 112 Å². The SMILES string of the molecule is O=C1NCC(C(=O)NC(CO)C(=O)Nc2ccon2)N1. The van der Waals surface area contributed by atoms with E-state index in [9.17, 15) is 14.4 Å². The number of amides is 4. The molecule has 2 unspecified atom stereocenters. The summed E-state index contributed by atoms with van der Waals surface area (Å²) in [6.07, 6.45) is 1.27. The monoisotopic (exact) mass is 283 g/mol. The van der Waals surface area contributed by atoms with E-state index in [4.69, 9.17) is 5.11 Å². The Bertz CT molecular complexity index is 502. The molecule has 10 nitrogen and oxygen atoms in total. The number of anilines is 1. The first-order chi connectivity index (χ1) is 9.60. The number of carbonyl (C=O) groups excluding carboxylic acids is 3. The summed E-state index contributed by atoms with van der Waals surface area (Å²) in [5.74, 6) is -1.05. The molecule has 0 aliphatic carbocycles. The van der Waals surface area contributed by atoms with Crippen LogP contribution in [0.2, 0.25) is 0 Å². The minimum atomic E-state index is -1.16. The average molecular weight is 283 g/mol. The van der Waals surface area contributed by atoms with Crippen molar-refractivity contribution in [2.24, 2.45) is 0 Å². The molecule has 2 heterocycles. The van der Waals surface area contributed by atoms with Gasteiger partial charge >= 0.3 is 6.03 Å². The van der Waals surface area contributed by atoms with E-state index >= 15 is 0 Å². The Balaban J connectivity index is 1.89. The van der Waals surface area contributed by atoms with Gasteiger partial charge in [0, 0.05) is 12.6 Å². The van der Waals surface area contributed by atoms with E-state index in [0.717, 1.165) is 0 Å². The van der Waals surface area contributed by atoms with E-state index in [2.05, 4.69) is 30.9 Å². The standard InChI is InChI=1S/C10H13N5O5/c16-4-6(9(18)14-7-1-2-20-15-7)12-8(17)5-3-11-10(19)13-5/h1-2,5-6,16H,3-4H2,(H,12,17)(H2,11,13,19)(H,14,15,18). The fourth-order valence-corrected chi connectivity index (χ4v) is 1.57. The summed E-state index contributed by atoms with van der Waals surface area (Å²) in [5.41, 5.74) is 0. The van der Waals surface area contributed by atoms with Crippen LogP contribution < -0.4 is 21.3 Å². The van der Waals surface area contributed by atoms with Crippen molar-refractivity contribution >= 4 is 23.7 Å². The molecular formula is C10H13N5O5. The van der Waals surface area contributed by atoms with E-state index in [-0.39, 0.29) is 12.4 Å². The summed E-state index contributed by atoms with van der Waals surface area (Å²) in [4.78, 5) is 34.5. The quantitative estimate of drug-likeness (QED) is 0.413. The van der Waals surface area contributed by atoms with Crippen LogP contribution in [-0.4, -0.2) is 53.3 Å². The van der Waals surface area contributed by atoms with E-state index < -0.39 is 36.5 Å². The summed E-state index contributed by atoms with van der Waals surface area (Å²) in [6.45, 7) is -0.475. The number of nitrogens with one attached hydrogen (secondary N) is 4. The Morgan fingerprint density at radius 3 is 2.95 bits per heavy atom. The molecule has 2 atom stereocenters. The van der Waals surface area contributed by atoms with Crippen LogP contribution in [0.25, 0.3) is 0 Å². The molecule has 1 aromatic heterocycles. The zero-order valence-electron chi connectivity index (χ0n) is 10.3. The molecule has 4 amide bonds. The van der Waals surface area contributed by atoms with Gasteiger partial charge < -0.3 is 30.9 Å². The Morgan fingerprint density at radius 1 is 1.60 bits per heavy atom. The van der Waals surface area contributed by atoms with Crippen LogP contribution in [-0.2, 0) is 9.59 Å². The number of urea groups is 1. The molecule has 5 N–H and O–H groups in total. The summed E-state index contributed by atoms with van der Waals surface area (Å²) in [7, 11) is 0. The van der Waals surface area contributed by atoms with E-state index in [1.54, 1.807) is 0 Å². The molecule has 0 bridgehead atoms. The van der Waals surface area contributed by atoms with Gasteiger partial charge in [-0.15, -0.1) is 0 Å². The maximum atomic E-state index is 11.8. The largest absolute Gasteiger partial charge is 0.394 e. The third-order valence-electron chi connectivity index (χ3n) is 2.59. The summed E-state index contributed by atoms with van der Waals surface area (Å²) < 4.78 is 4.53. The molecule has 1 aromatic rings. The van der Waals surface area contributed by atoms with Crippen molar-refractivity contribution in [2.75, 3.05) is 18.5 Å². The van der Waals surface area contributed by atoms with Gasteiger partial charge in [0.2, 0.25) is 5.91 Å². The lowest BCUT2D eigenvalue weighted by atomic mass is 10.2. The summed E-state index contributed by atoms with van der Waals surface area (Å²) in [5, 5.41) is 22.1. The van der Waals surface area contributed by atoms with E-state index in [0.29, 0.717) is 0 Å². The van der Waals surface area contributed by atoms with Gasteiger partial charge in [0.05, 0.1) is 6.61 Å². The van der Waals surface area contributed by atoms with E-state index in [1.807, 2.05) is 0 Å². The molecule has 0 spiro atoms. The minimum absolute atomic E-state index is 0.119. The molecule has 10 heteroatoms. The number of nitrogens with zero attached hydrogens (tertiary/aromatic N) is 1. The van der Waals surface area contributed by atoms with E-state index in [1.165, 1.54) is 12.3 Å². The van der Waals surface area contributed by atoms with Crippen LogP contribution in [0.5, 0.6) is 0 Å². The molecule has 2 rings (SSSR count). The topological polar surface area (TPSA) is 146 Å². The van der Waals surface area contributed by atoms with Crippen molar-refractivity contribution in [3.8, 4) is 0 Å². The maximum absolute atomic E-state index is 11.8. The van der Waals surface area contributed by atoms with Crippen molar-refractivity contribution in [2.45, 2.75) is 12.1 Å². The van der Waals surface area contributed by atoms with Crippen molar-refractivity contribution in [3.63, 3.8) is 0 Å². The van der Waals surface area contributed by atoms with Crippen LogP contribution in [0.1, 0.15) is 0 Å². The lowest BCUT2D eigenvalue weighted by Gasteiger charge is -2.17. The number of hydrogen-bond donors (Lipinski definition) is 5.